The fraction of sp³-hybridized carbons (Fsp3) is 0.211. The van der Waals surface area contributed by atoms with E-state index in [1.165, 1.54) is 11.1 Å². The van der Waals surface area contributed by atoms with Crippen molar-refractivity contribution in [2.45, 2.75) is 53.6 Å². The molecule has 6 rings (SSSR count). The van der Waals surface area contributed by atoms with Gasteiger partial charge in [0, 0.05) is 0 Å². The number of rotatable bonds is 8. The summed E-state index contributed by atoms with van der Waals surface area (Å²) in [4.78, 5) is 32.7. The van der Waals surface area contributed by atoms with Crippen LogP contribution in [-0.2, 0) is 35.5 Å². The smallest absolute Gasteiger partial charge is 0.261 e. The Labute approximate surface area is 248 Å². The van der Waals surface area contributed by atoms with Gasteiger partial charge in [0.25, 0.3) is 11.8 Å². The van der Waals surface area contributed by atoms with Crippen LogP contribution in [0.15, 0.2) is 108 Å². The summed E-state index contributed by atoms with van der Waals surface area (Å²) in [5.74, 6) is -0.258. The van der Waals surface area contributed by atoms with Crippen molar-refractivity contribution >= 4 is 23.2 Å². The van der Waals surface area contributed by atoms with E-state index in [4.69, 9.17) is 0 Å². The van der Waals surface area contributed by atoms with E-state index in [-0.39, 0.29) is 11.8 Å². The molecule has 0 saturated heterocycles. The minimum Gasteiger partial charge on any atom is -0.302 e. The summed E-state index contributed by atoms with van der Waals surface area (Å²) >= 11 is 0. The molecule has 0 aliphatic carbocycles. The van der Waals surface area contributed by atoms with E-state index >= 15 is 0 Å². The molecule has 0 unspecified atom stereocenters. The van der Waals surface area contributed by atoms with E-state index in [1.54, 1.807) is 0 Å². The average molecular weight is 553 g/mol. The molecule has 0 N–H and O–H groups in total. The van der Waals surface area contributed by atoms with Crippen LogP contribution in [0.5, 0.6) is 0 Å². The number of amides is 2. The van der Waals surface area contributed by atoms with Gasteiger partial charge in [-0.2, -0.15) is 0 Å². The summed E-state index contributed by atoms with van der Waals surface area (Å²) in [6, 6.07) is 33.0. The first-order valence-electron chi connectivity index (χ1n) is 14.8. The number of aryl methyl sites for hydroxylation is 4. The molecule has 0 radical (unpaired) electrons. The molecule has 4 heteroatoms. The Bertz CT molecular complexity index is 1610. The third-order valence-corrected chi connectivity index (χ3v) is 8.30. The van der Waals surface area contributed by atoms with Crippen LogP contribution in [0.3, 0.4) is 0 Å². The summed E-state index contributed by atoms with van der Waals surface area (Å²) in [5.41, 5.74) is 10.9. The lowest BCUT2D eigenvalue weighted by atomic mass is 10.00. The van der Waals surface area contributed by atoms with Gasteiger partial charge in [-0.05, 0) is 60.1 Å². The van der Waals surface area contributed by atoms with E-state index in [0.717, 1.165) is 46.2 Å². The molecule has 0 saturated carbocycles. The van der Waals surface area contributed by atoms with Crippen LogP contribution in [0.4, 0.5) is 0 Å². The fourth-order valence-corrected chi connectivity index (χ4v) is 6.08. The summed E-state index contributed by atoms with van der Waals surface area (Å²) in [7, 11) is 0. The van der Waals surface area contributed by atoms with Crippen molar-refractivity contribution in [3.63, 3.8) is 0 Å². The number of fused-ring (bicyclic) bond motifs is 1. The second kappa shape index (κ2) is 11.3. The molecule has 210 valence electrons. The highest BCUT2D eigenvalue weighted by Crippen LogP contribution is 2.47. The topological polar surface area (TPSA) is 40.6 Å². The van der Waals surface area contributed by atoms with E-state index in [1.807, 2.05) is 58.3 Å². The Morgan fingerprint density at radius 3 is 1.21 bits per heavy atom. The first-order valence-corrected chi connectivity index (χ1v) is 14.8. The highest BCUT2D eigenvalue weighted by molar-refractivity contribution is 6.30. The molecule has 0 bridgehead atoms. The molecule has 0 fully saturated rings. The number of hydrogen-bond acceptors (Lipinski definition) is 2. The van der Waals surface area contributed by atoms with Gasteiger partial charge in [-0.25, -0.2) is 0 Å². The van der Waals surface area contributed by atoms with Crippen molar-refractivity contribution in [2.24, 2.45) is 0 Å². The number of carbonyl (C=O) groups is 2. The molecule has 0 atom stereocenters. The van der Waals surface area contributed by atoms with Gasteiger partial charge in [0.15, 0.2) is 0 Å². The number of hydrogen-bond donors (Lipinski definition) is 0. The average Bonchev–Trinajstić information content (AvgIpc) is 3.43. The van der Waals surface area contributed by atoms with Gasteiger partial charge >= 0.3 is 0 Å². The molecule has 2 aliphatic rings. The molecule has 4 nitrogen and oxygen atoms in total. The second-order valence-electron chi connectivity index (χ2n) is 11.3. The van der Waals surface area contributed by atoms with Crippen molar-refractivity contribution in [3.8, 4) is 0 Å². The monoisotopic (exact) mass is 552 g/mol. The summed E-state index contributed by atoms with van der Waals surface area (Å²) in [5, 5.41) is 0. The zero-order chi connectivity index (χ0) is 29.4. The van der Waals surface area contributed by atoms with Crippen LogP contribution in [0.2, 0.25) is 0 Å². The van der Waals surface area contributed by atoms with Crippen LogP contribution in [0, 0.1) is 13.8 Å². The minimum absolute atomic E-state index is 0.129. The van der Waals surface area contributed by atoms with Crippen molar-refractivity contribution in [1.82, 2.24) is 9.80 Å². The van der Waals surface area contributed by atoms with Crippen LogP contribution >= 0.6 is 0 Å². The van der Waals surface area contributed by atoms with Gasteiger partial charge in [0.1, 0.15) is 0 Å². The van der Waals surface area contributed by atoms with Crippen molar-refractivity contribution in [2.75, 3.05) is 0 Å². The minimum atomic E-state index is -0.129. The second-order valence-corrected chi connectivity index (χ2v) is 11.3. The molecule has 0 aromatic heterocycles. The van der Waals surface area contributed by atoms with Crippen LogP contribution in [0.25, 0.3) is 11.4 Å². The van der Waals surface area contributed by atoms with Gasteiger partial charge in [-0.15, -0.1) is 0 Å². The molecule has 4 aromatic carbocycles. The maximum absolute atomic E-state index is 14.5. The lowest BCUT2D eigenvalue weighted by molar-refractivity contribution is -0.124. The normalized spacial score (nSPS) is 14.9. The Morgan fingerprint density at radius 1 is 0.500 bits per heavy atom. The lowest BCUT2D eigenvalue weighted by Crippen LogP contribution is -2.29. The molecule has 0 spiro atoms. The number of benzene rings is 4. The zero-order valence-electron chi connectivity index (χ0n) is 24.8. The van der Waals surface area contributed by atoms with E-state index in [0.29, 0.717) is 35.6 Å². The predicted octanol–water partition coefficient (Wildman–Crippen LogP) is 7.64. The third kappa shape index (κ3) is 4.98. The quantitative estimate of drug-likeness (QED) is 0.225. The van der Waals surface area contributed by atoms with Crippen LogP contribution < -0.4 is 0 Å². The Kier molecular flexibility index (Phi) is 7.38. The molecule has 2 amide bonds. The highest BCUT2D eigenvalue weighted by atomic mass is 16.2. The molecular formula is C38H36N2O2. The lowest BCUT2D eigenvalue weighted by Gasteiger charge is -2.26. The van der Waals surface area contributed by atoms with Gasteiger partial charge in [-0.3, -0.25) is 9.59 Å². The van der Waals surface area contributed by atoms with Gasteiger partial charge in [0.2, 0.25) is 0 Å². The largest absolute Gasteiger partial charge is 0.302 e. The SMILES string of the molecule is CCc1ccc(C2=C3C(=O)N(Cc4cccc(C)c4)C(c4ccc(CC)cc4)=C3C(=O)N2Cc2cccc(C)c2)cc1. The molecule has 2 aliphatic heterocycles. The first-order chi connectivity index (χ1) is 20.4. The van der Waals surface area contributed by atoms with Crippen molar-refractivity contribution < 1.29 is 9.59 Å². The highest BCUT2D eigenvalue weighted by Gasteiger charge is 2.48. The van der Waals surface area contributed by atoms with Crippen molar-refractivity contribution in [1.29, 1.82) is 0 Å². The Morgan fingerprint density at radius 2 is 0.881 bits per heavy atom. The third-order valence-electron chi connectivity index (χ3n) is 8.30. The van der Waals surface area contributed by atoms with E-state index < -0.39 is 0 Å². The van der Waals surface area contributed by atoms with E-state index in [9.17, 15) is 9.59 Å². The van der Waals surface area contributed by atoms with Gasteiger partial charge in [0.05, 0.1) is 35.6 Å². The summed E-state index contributed by atoms with van der Waals surface area (Å²) < 4.78 is 0. The zero-order valence-corrected chi connectivity index (χ0v) is 24.8. The molecule has 42 heavy (non-hydrogen) atoms. The predicted molar refractivity (Wildman–Crippen MR) is 169 cm³/mol. The molecular weight excluding hydrogens is 516 g/mol. The summed E-state index contributed by atoms with van der Waals surface area (Å²) in [6.45, 7) is 9.15. The Balaban J connectivity index is 1.56. The maximum Gasteiger partial charge on any atom is 0.261 e. The molecule has 4 aromatic rings. The molecule has 2 heterocycles. The van der Waals surface area contributed by atoms with Gasteiger partial charge < -0.3 is 9.80 Å². The van der Waals surface area contributed by atoms with Crippen molar-refractivity contribution in [3.05, 3.63) is 153 Å². The van der Waals surface area contributed by atoms with E-state index in [2.05, 4.69) is 76.2 Å². The number of nitrogens with zero attached hydrogens (tertiary/aromatic N) is 2. The first kappa shape index (κ1) is 27.5. The van der Waals surface area contributed by atoms with Gasteiger partial charge in [-0.1, -0.05) is 122 Å². The summed E-state index contributed by atoms with van der Waals surface area (Å²) in [6.07, 6.45) is 1.84. The fourth-order valence-electron chi connectivity index (χ4n) is 6.08. The van der Waals surface area contributed by atoms with Crippen LogP contribution in [-0.4, -0.2) is 21.6 Å². The maximum atomic E-state index is 14.5. The standard InChI is InChI=1S/C38H36N2O2/c1-5-27-13-17-31(18-14-27)35-33-34(38(42)39(35)23-29-11-7-9-25(3)21-29)36(32-19-15-28(6-2)16-20-32)40(37(33)41)24-30-12-8-10-26(4)22-30/h7-22H,5-6,23-24H2,1-4H3. The van der Waals surface area contributed by atoms with Crippen LogP contribution in [0.1, 0.15) is 58.4 Å². The number of carbonyl (C=O) groups excluding carboxylic acids is 2. The Hall–Kier alpha value is -4.70.